The molecule has 0 amide bonds. The summed E-state index contributed by atoms with van der Waals surface area (Å²) in [6.07, 6.45) is -1.90. The van der Waals surface area contributed by atoms with Crippen molar-refractivity contribution < 1.29 is 20.1 Å². The van der Waals surface area contributed by atoms with Crippen molar-refractivity contribution in [3.05, 3.63) is 0 Å². The van der Waals surface area contributed by atoms with Crippen LogP contribution in [0.2, 0.25) is 16.6 Å². The normalized spacial score (nSPS) is 30.1. The minimum Gasteiger partial charge on any atom is -0.394 e. The average Bonchev–Trinajstić information content (AvgIpc) is 2.65. The molecule has 1 saturated heterocycles. The van der Waals surface area contributed by atoms with Gasteiger partial charge in [-0.05, 0) is 16.6 Å². The minimum atomic E-state index is -1.98. The standard InChI is InChI=1S/C16H30O4Si/c1-11(2)21(12(3)4,13(5)6)8-7-16(19)14(18)10-20-15(16)9-17/h11-15,17-19H,9-10H2,1-6H3/t14-,15+,16-/m0/s1. The van der Waals surface area contributed by atoms with Crippen LogP contribution >= 0.6 is 0 Å². The number of aliphatic hydroxyl groups is 3. The topological polar surface area (TPSA) is 69.9 Å². The van der Waals surface area contributed by atoms with Crippen molar-refractivity contribution in [2.45, 2.75) is 76.0 Å². The Morgan fingerprint density at radius 3 is 2.00 bits per heavy atom. The lowest BCUT2D eigenvalue weighted by atomic mass is 9.95. The van der Waals surface area contributed by atoms with E-state index in [0.29, 0.717) is 16.6 Å². The predicted octanol–water partition coefficient (Wildman–Crippen LogP) is 1.69. The largest absolute Gasteiger partial charge is 0.394 e. The fraction of sp³-hybridized carbons (Fsp3) is 0.875. The van der Waals surface area contributed by atoms with Gasteiger partial charge in [0.05, 0.1) is 13.2 Å². The molecular weight excluding hydrogens is 284 g/mol. The van der Waals surface area contributed by atoms with E-state index in [1.54, 1.807) is 0 Å². The van der Waals surface area contributed by atoms with Crippen LogP contribution in [0.5, 0.6) is 0 Å². The highest BCUT2D eigenvalue weighted by molar-refractivity contribution is 6.90. The molecule has 1 aliphatic heterocycles. The third kappa shape index (κ3) is 3.20. The molecule has 122 valence electrons. The van der Waals surface area contributed by atoms with E-state index >= 15 is 0 Å². The number of aliphatic hydroxyl groups excluding tert-OH is 2. The highest BCUT2D eigenvalue weighted by Crippen LogP contribution is 2.41. The summed E-state index contributed by atoms with van der Waals surface area (Å²) in [4.78, 5) is 0. The molecule has 0 aromatic rings. The first kappa shape index (κ1) is 18.7. The minimum absolute atomic E-state index is 0.00992. The first-order valence-electron chi connectivity index (χ1n) is 7.80. The van der Waals surface area contributed by atoms with Gasteiger partial charge in [0.1, 0.15) is 20.3 Å². The fourth-order valence-electron chi connectivity index (χ4n) is 3.67. The Balaban J connectivity index is 3.27. The second-order valence-electron chi connectivity index (χ2n) is 6.99. The van der Waals surface area contributed by atoms with Gasteiger partial charge in [0, 0.05) is 0 Å². The zero-order chi connectivity index (χ0) is 16.4. The summed E-state index contributed by atoms with van der Waals surface area (Å²) in [6, 6.07) is 0. The molecule has 0 spiro atoms. The molecule has 0 aromatic heterocycles. The Hall–Kier alpha value is -0.383. The summed E-state index contributed by atoms with van der Waals surface area (Å²) in [5, 5.41) is 30.0. The van der Waals surface area contributed by atoms with Crippen LogP contribution in [0.25, 0.3) is 0 Å². The highest BCUT2D eigenvalue weighted by Gasteiger charge is 2.50. The lowest BCUT2D eigenvalue weighted by Gasteiger charge is -2.38. The van der Waals surface area contributed by atoms with Gasteiger partial charge >= 0.3 is 0 Å². The Morgan fingerprint density at radius 2 is 1.62 bits per heavy atom. The van der Waals surface area contributed by atoms with Gasteiger partial charge in [-0.15, -0.1) is 5.54 Å². The maximum absolute atomic E-state index is 10.6. The van der Waals surface area contributed by atoms with Crippen molar-refractivity contribution in [1.29, 1.82) is 0 Å². The van der Waals surface area contributed by atoms with Crippen molar-refractivity contribution in [3.63, 3.8) is 0 Å². The second kappa shape index (κ2) is 6.80. The lowest BCUT2D eigenvalue weighted by molar-refractivity contribution is -0.0515. The monoisotopic (exact) mass is 314 g/mol. The van der Waals surface area contributed by atoms with E-state index in [1.165, 1.54) is 0 Å². The Morgan fingerprint density at radius 1 is 1.14 bits per heavy atom. The van der Waals surface area contributed by atoms with Crippen LogP contribution in [0.4, 0.5) is 0 Å². The third-order valence-corrected chi connectivity index (χ3v) is 11.3. The van der Waals surface area contributed by atoms with Crippen LogP contribution in [-0.2, 0) is 4.74 Å². The number of ether oxygens (including phenoxy) is 1. The lowest BCUT2D eigenvalue weighted by Crippen LogP contribution is -2.49. The van der Waals surface area contributed by atoms with E-state index in [2.05, 4.69) is 53.0 Å². The second-order valence-corrected chi connectivity index (χ2v) is 12.6. The molecule has 3 N–H and O–H groups in total. The van der Waals surface area contributed by atoms with E-state index in [-0.39, 0.29) is 13.2 Å². The van der Waals surface area contributed by atoms with E-state index in [9.17, 15) is 15.3 Å². The van der Waals surface area contributed by atoms with Gasteiger partial charge in [-0.3, -0.25) is 0 Å². The van der Waals surface area contributed by atoms with Crippen molar-refractivity contribution >= 4 is 8.07 Å². The van der Waals surface area contributed by atoms with Crippen molar-refractivity contribution in [2.75, 3.05) is 13.2 Å². The van der Waals surface area contributed by atoms with Crippen LogP contribution in [0.3, 0.4) is 0 Å². The number of hydrogen-bond donors (Lipinski definition) is 3. The first-order chi connectivity index (χ1) is 9.62. The summed E-state index contributed by atoms with van der Waals surface area (Å²) in [5.74, 6) is 2.93. The zero-order valence-corrected chi connectivity index (χ0v) is 15.1. The van der Waals surface area contributed by atoms with Crippen LogP contribution < -0.4 is 0 Å². The van der Waals surface area contributed by atoms with Gasteiger partial charge in [0.25, 0.3) is 0 Å². The summed E-state index contributed by atoms with van der Waals surface area (Å²) in [6.45, 7) is 12.8. The summed E-state index contributed by atoms with van der Waals surface area (Å²) in [5.41, 5.74) is 3.07. The smallest absolute Gasteiger partial charge is 0.181 e. The van der Waals surface area contributed by atoms with E-state index in [1.807, 2.05) is 0 Å². The SMILES string of the molecule is CC(C)[Si](C#C[C@]1(O)[C@@H](O)CO[C@@H]1CO)(C(C)C)C(C)C. The van der Waals surface area contributed by atoms with Crippen LogP contribution in [-0.4, -0.2) is 54.4 Å². The molecule has 0 saturated carbocycles. The van der Waals surface area contributed by atoms with E-state index in [0.717, 1.165) is 0 Å². The molecule has 21 heavy (non-hydrogen) atoms. The summed E-state index contributed by atoms with van der Waals surface area (Å²) < 4.78 is 5.24. The maximum Gasteiger partial charge on any atom is 0.181 e. The molecule has 0 unspecified atom stereocenters. The molecular formula is C16H30O4Si. The summed E-state index contributed by atoms with van der Waals surface area (Å²) >= 11 is 0. The van der Waals surface area contributed by atoms with Crippen LogP contribution in [0, 0.1) is 11.5 Å². The summed E-state index contributed by atoms with van der Waals surface area (Å²) in [7, 11) is -1.98. The molecule has 0 aliphatic carbocycles. The molecule has 0 radical (unpaired) electrons. The molecule has 0 aromatic carbocycles. The molecule has 5 heteroatoms. The Kier molecular flexibility index (Phi) is 6.05. The Bertz CT molecular complexity index is 388. The average molecular weight is 314 g/mol. The molecule has 4 nitrogen and oxygen atoms in total. The third-order valence-electron chi connectivity index (χ3n) is 4.97. The van der Waals surface area contributed by atoms with Gasteiger partial charge < -0.3 is 20.1 Å². The van der Waals surface area contributed by atoms with Crippen molar-refractivity contribution in [2.24, 2.45) is 0 Å². The Labute approximate surface area is 129 Å². The molecule has 1 fully saturated rings. The van der Waals surface area contributed by atoms with Crippen LogP contribution in [0.1, 0.15) is 41.5 Å². The van der Waals surface area contributed by atoms with Gasteiger partial charge in [0.2, 0.25) is 0 Å². The molecule has 1 rings (SSSR count). The number of rotatable bonds is 4. The van der Waals surface area contributed by atoms with Gasteiger partial charge in [-0.1, -0.05) is 47.5 Å². The molecule has 0 bridgehead atoms. The van der Waals surface area contributed by atoms with Gasteiger partial charge in [-0.25, -0.2) is 0 Å². The van der Waals surface area contributed by atoms with Crippen molar-refractivity contribution in [1.82, 2.24) is 0 Å². The quantitative estimate of drug-likeness (QED) is 0.545. The van der Waals surface area contributed by atoms with Crippen LogP contribution in [0.15, 0.2) is 0 Å². The highest BCUT2D eigenvalue weighted by atomic mass is 28.3. The fourth-order valence-corrected chi connectivity index (χ4v) is 8.96. The first-order valence-corrected chi connectivity index (χ1v) is 10.0. The van der Waals surface area contributed by atoms with Gasteiger partial charge in [0.15, 0.2) is 5.60 Å². The molecule has 1 heterocycles. The molecule has 1 aliphatic rings. The van der Waals surface area contributed by atoms with Crippen molar-refractivity contribution in [3.8, 4) is 11.5 Å². The number of hydrogen-bond acceptors (Lipinski definition) is 4. The maximum atomic E-state index is 10.6. The van der Waals surface area contributed by atoms with E-state index in [4.69, 9.17) is 4.74 Å². The molecule has 3 atom stereocenters. The van der Waals surface area contributed by atoms with Gasteiger partial charge in [-0.2, -0.15) is 0 Å². The predicted molar refractivity (Wildman–Crippen MR) is 86.6 cm³/mol. The van der Waals surface area contributed by atoms with E-state index < -0.39 is 25.9 Å². The zero-order valence-electron chi connectivity index (χ0n) is 14.1.